The number of aliphatic hydroxyl groups is 1. The third-order valence-electron chi connectivity index (χ3n) is 6.01. The van der Waals surface area contributed by atoms with Gasteiger partial charge in [0.05, 0.1) is 16.9 Å². The van der Waals surface area contributed by atoms with E-state index in [0.717, 1.165) is 6.26 Å². The lowest BCUT2D eigenvalue weighted by Gasteiger charge is -2.30. The average molecular weight is 519 g/mol. The number of anilines is 1. The summed E-state index contributed by atoms with van der Waals surface area (Å²) in [5.41, 5.74) is 1.35. The van der Waals surface area contributed by atoms with E-state index in [1.807, 2.05) is 0 Å². The molecule has 1 aliphatic heterocycles. The highest BCUT2D eigenvalue weighted by molar-refractivity contribution is 7.93. The van der Waals surface area contributed by atoms with E-state index in [-0.39, 0.29) is 41.4 Å². The SMILES string of the molecule is CS(=O)(=O)C1CCCN(C(=O)c2ccc(NS(=O)(=O)c3cccc4nccnc34)cc2)CCC1O. The molecule has 0 saturated carbocycles. The number of rotatable bonds is 5. The third kappa shape index (κ3) is 5.60. The monoisotopic (exact) mass is 518 g/mol. The normalized spacial score (nSPS) is 19.7. The zero-order chi connectivity index (χ0) is 25.2. The number of carbonyl (C=O) groups is 1. The Morgan fingerprint density at radius 2 is 1.71 bits per heavy atom. The smallest absolute Gasteiger partial charge is 0.264 e. The fourth-order valence-electron chi connectivity index (χ4n) is 4.22. The number of hydrogen-bond donors (Lipinski definition) is 2. The second-order valence-electron chi connectivity index (χ2n) is 8.52. The predicted octanol–water partition coefficient (Wildman–Crippen LogP) is 1.83. The topological polar surface area (TPSA) is 147 Å². The molecule has 186 valence electrons. The number of fused-ring (bicyclic) bond motifs is 1. The first-order valence-corrected chi connectivity index (χ1v) is 14.5. The van der Waals surface area contributed by atoms with Gasteiger partial charge in [-0.05, 0) is 55.7 Å². The molecular weight excluding hydrogens is 492 g/mol. The van der Waals surface area contributed by atoms with Crippen LogP contribution >= 0.6 is 0 Å². The number of nitrogens with zero attached hydrogens (tertiary/aromatic N) is 3. The van der Waals surface area contributed by atoms with Gasteiger partial charge < -0.3 is 10.0 Å². The van der Waals surface area contributed by atoms with Crippen LogP contribution in [0.15, 0.2) is 59.8 Å². The minimum atomic E-state index is -3.95. The van der Waals surface area contributed by atoms with Crippen molar-refractivity contribution in [2.45, 2.75) is 35.5 Å². The van der Waals surface area contributed by atoms with E-state index in [4.69, 9.17) is 0 Å². The van der Waals surface area contributed by atoms with Gasteiger partial charge in [0.25, 0.3) is 15.9 Å². The van der Waals surface area contributed by atoms with Gasteiger partial charge in [-0.25, -0.2) is 16.8 Å². The highest BCUT2D eigenvalue weighted by Gasteiger charge is 2.31. The van der Waals surface area contributed by atoms with E-state index < -0.39 is 31.2 Å². The number of hydrogen-bond acceptors (Lipinski definition) is 8. The van der Waals surface area contributed by atoms with Crippen molar-refractivity contribution in [2.75, 3.05) is 24.1 Å². The minimum absolute atomic E-state index is 0.00478. The number of aliphatic hydroxyl groups excluding tert-OH is 1. The van der Waals surface area contributed by atoms with Crippen LogP contribution in [0.5, 0.6) is 0 Å². The maximum atomic E-state index is 13.0. The Balaban J connectivity index is 1.46. The summed E-state index contributed by atoms with van der Waals surface area (Å²) >= 11 is 0. The molecule has 2 heterocycles. The summed E-state index contributed by atoms with van der Waals surface area (Å²) in [6, 6.07) is 10.8. The molecule has 1 aromatic heterocycles. The second kappa shape index (κ2) is 9.88. The summed E-state index contributed by atoms with van der Waals surface area (Å²) in [5.74, 6) is -0.270. The number of benzene rings is 2. The van der Waals surface area contributed by atoms with E-state index in [1.54, 1.807) is 17.0 Å². The van der Waals surface area contributed by atoms with Gasteiger partial charge in [0.1, 0.15) is 10.4 Å². The fourth-order valence-corrected chi connectivity index (χ4v) is 6.75. The van der Waals surface area contributed by atoms with Crippen molar-refractivity contribution in [2.24, 2.45) is 0 Å². The molecule has 3 aromatic rings. The lowest BCUT2D eigenvalue weighted by atomic mass is 10.0. The maximum absolute atomic E-state index is 13.0. The quantitative estimate of drug-likeness (QED) is 0.520. The molecule has 10 nitrogen and oxygen atoms in total. The molecular formula is C23H26N4O6S2. The first-order chi connectivity index (χ1) is 16.6. The molecule has 0 radical (unpaired) electrons. The van der Waals surface area contributed by atoms with Crippen molar-refractivity contribution in [3.05, 3.63) is 60.4 Å². The van der Waals surface area contributed by atoms with Crippen molar-refractivity contribution in [1.82, 2.24) is 14.9 Å². The number of para-hydroxylation sites is 1. The van der Waals surface area contributed by atoms with Gasteiger partial charge in [-0.2, -0.15) is 0 Å². The number of likely N-dealkylation sites (tertiary alicyclic amines) is 1. The molecule has 35 heavy (non-hydrogen) atoms. The first kappa shape index (κ1) is 25.0. The van der Waals surface area contributed by atoms with Crippen LogP contribution < -0.4 is 4.72 Å². The molecule has 2 atom stereocenters. The van der Waals surface area contributed by atoms with Gasteiger partial charge in [-0.15, -0.1) is 0 Å². The second-order valence-corrected chi connectivity index (χ2v) is 12.4. The molecule has 4 rings (SSSR count). The van der Waals surface area contributed by atoms with Crippen LogP contribution in [-0.4, -0.2) is 73.4 Å². The number of sulfone groups is 1. The van der Waals surface area contributed by atoms with E-state index in [1.165, 1.54) is 42.7 Å². The summed E-state index contributed by atoms with van der Waals surface area (Å²) in [7, 11) is -7.32. The van der Waals surface area contributed by atoms with E-state index in [0.29, 0.717) is 24.0 Å². The Hall–Kier alpha value is -3.09. The van der Waals surface area contributed by atoms with E-state index in [9.17, 15) is 26.7 Å². The highest BCUT2D eigenvalue weighted by Crippen LogP contribution is 2.24. The predicted molar refractivity (Wildman–Crippen MR) is 131 cm³/mol. The van der Waals surface area contributed by atoms with Gasteiger partial charge in [-0.3, -0.25) is 19.5 Å². The number of aromatic nitrogens is 2. The van der Waals surface area contributed by atoms with Crippen LogP contribution in [0, 0.1) is 0 Å². The van der Waals surface area contributed by atoms with E-state index >= 15 is 0 Å². The minimum Gasteiger partial charge on any atom is -0.392 e. The molecule has 1 amide bonds. The fraction of sp³-hybridized carbons (Fsp3) is 0.348. The van der Waals surface area contributed by atoms with Crippen molar-refractivity contribution >= 4 is 42.5 Å². The van der Waals surface area contributed by atoms with Crippen molar-refractivity contribution < 1.29 is 26.7 Å². The molecule has 12 heteroatoms. The van der Waals surface area contributed by atoms with Crippen LogP contribution in [0.25, 0.3) is 11.0 Å². The lowest BCUT2D eigenvalue weighted by molar-refractivity contribution is 0.0675. The molecule has 0 spiro atoms. The Labute approximate surface area is 204 Å². The van der Waals surface area contributed by atoms with Gasteiger partial charge in [0, 0.05) is 43.0 Å². The number of amides is 1. The summed E-state index contributed by atoms with van der Waals surface area (Å²) < 4.78 is 52.2. The zero-order valence-corrected chi connectivity index (χ0v) is 20.7. The molecule has 0 bridgehead atoms. The third-order valence-corrected chi connectivity index (χ3v) is 9.08. The van der Waals surface area contributed by atoms with Crippen molar-refractivity contribution in [3.8, 4) is 0 Å². The molecule has 2 unspecified atom stereocenters. The summed E-state index contributed by atoms with van der Waals surface area (Å²) in [6.45, 7) is 0.594. The van der Waals surface area contributed by atoms with Crippen LogP contribution in [-0.2, 0) is 19.9 Å². The standard InChI is InChI=1S/C23H26N4O6S2/c1-34(30,31)20-6-3-14-27(15-11-19(20)28)23(29)16-7-9-17(10-8-16)26-35(32,33)21-5-2-4-18-22(21)25-13-12-24-18/h2,4-5,7-10,12-13,19-20,26,28H,3,6,11,14-15H2,1H3. The molecule has 1 fully saturated rings. The van der Waals surface area contributed by atoms with Gasteiger partial charge in [-0.1, -0.05) is 6.07 Å². The molecule has 1 saturated heterocycles. The Kier molecular flexibility index (Phi) is 7.06. The summed E-state index contributed by atoms with van der Waals surface area (Å²) in [4.78, 5) is 22.8. The summed E-state index contributed by atoms with van der Waals surface area (Å²) in [5, 5.41) is 9.47. The summed E-state index contributed by atoms with van der Waals surface area (Å²) in [6.07, 6.45) is 3.89. The van der Waals surface area contributed by atoms with Crippen LogP contribution in [0.4, 0.5) is 5.69 Å². The molecule has 2 aromatic carbocycles. The largest absolute Gasteiger partial charge is 0.392 e. The molecule has 1 aliphatic rings. The van der Waals surface area contributed by atoms with Crippen LogP contribution in [0.1, 0.15) is 29.6 Å². The molecule has 0 aliphatic carbocycles. The highest BCUT2D eigenvalue weighted by atomic mass is 32.2. The van der Waals surface area contributed by atoms with Crippen LogP contribution in [0.3, 0.4) is 0 Å². The van der Waals surface area contributed by atoms with Gasteiger partial charge in [0.2, 0.25) is 0 Å². The number of nitrogens with one attached hydrogen (secondary N) is 1. The Morgan fingerprint density at radius 3 is 2.43 bits per heavy atom. The van der Waals surface area contributed by atoms with Crippen LogP contribution in [0.2, 0.25) is 0 Å². The lowest BCUT2D eigenvalue weighted by Crippen LogP contribution is -2.42. The number of sulfonamides is 1. The van der Waals surface area contributed by atoms with Crippen molar-refractivity contribution in [1.29, 1.82) is 0 Å². The van der Waals surface area contributed by atoms with Gasteiger partial charge >= 0.3 is 0 Å². The van der Waals surface area contributed by atoms with Crippen molar-refractivity contribution in [3.63, 3.8) is 0 Å². The Morgan fingerprint density at radius 1 is 1.00 bits per heavy atom. The Bertz CT molecular complexity index is 1440. The number of carbonyl (C=O) groups excluding carboxylic acids is 1. The first-order valence-electron chi connectivity index (χ1n) is 11.0. The maximum Gasteiger partial charge on any atom is 0.264 e. The van der Waals surface area contributed by atoms with Gasteiger partial charge in [0.15, 0.2) is 9.84 Å². The average Bonchev–Trinajstić information content (AvgIpc) is 2.80. The van der Waals surface area contributed by atoms with E-state index in [2.05, 4.69) is 14.7 Å². The zero-order valence-electron chi connectivity index (χ0n) is 19.0. The molecule has 2 N–H and O–H groups in total.